The Labute approximate surface area is 67.0 Å². The highest BCUT2D eigenvalue weighted by Crippen LogP contribution is 2.27. The minimum absolute atomic E-state index is 0.0950. The van der Waals surface area contributed by atoms with Crippen LogP contribution in [-0.4, -0.2) is 36.1 Å². The van der Waals surface area contributed by atoms with Crippen LogP contribution in [0.1, 0.15) is 19.3 Å². The molecule has 0 saturated heterocycles. The first-order chi connectivity index (χ1) is 5.11. The molecule has 0 radical (unpaired) electrons. The fraction of sp³-hybridized carbons (Fsp3) is 0.875. The van der Waals surface area contributed by atoms with Crippen molar-refractivity contribution in [2.75, 3.05) is 14.1 Å². The Kier molecular flexibility index (Phi) is 2.49. The largest absolute Gasteiger partial charge is 0.481 e. The molecule has 3 nitrogen and oxygen atoms in total. The second-order valence-electron chi connectivity index (χ2n) is 3.47. The summed E-state index contributed by atoms with van der Waals surface area (Å²) in [5.74, 6) is -0.725. The number of aliphatic carboxylic acids is 1. The lowest BCUT2D eigenvalue weighted by atomic mass is 10.1. The Bertz CT molecular complexity index is 156. The summed E-state index contributed by atoms with van der Waals surface area (Å²) in [4.78, 5) is 12.7. The molecule has 1 aliphatic carbocycles. The van der Waals surface area contributed by atoms with E-state index in [9.17, 15) is 4.79 Å². The average Bonchev–Trinajstić information content (AvgIpc) is 2.33. The second-order valence-corrected chi connectivity index (χ2v) is 3.47. The van der Waals surface area contributed by atoms with Crippen molar-refractivity contribution >= 4 is 5.97 Å². The highest BCUT2D eigenvalue weighted by atomic mass is 16.4. The van der Waals surface area contributed by atoms with Crippen molar-refractivity contribution in [2.24, 2.45) is 5.92 Å². The summed E-state index contributed by atoms with van der Waals surface area (Å²) in [7, 11) is 4.02. The molecule has 3 heteroatoms. The number of rotatable bonds is 2. The van der Waals surface area contributed by atoms with E-state index in [1.165, 1.54) is 0 Å². The quantitative estimate of drug-likeness (QED) is 0.644. The van der Waals surface area contributed by atoms with Gasteiger partial charge in [-0.15, -0.1) is 0 Å². The average molecular weight is 157 g/mol. The lowest BCUT2D eigenvalue weighted by molar-refractivity contribution is -0.141. The van der Waals surface area contributed by atoms with Crippen LogP contribution in [0, 0.1) is 5.92 Å². The molecule has 1 fully saturated rings. The Hall–Kier alpha value is -0.570. The second kappa shape index (κ2) is 3.22. The van der Waals surface area contributed by atoms with Crippen molar-refractivity contribution in [3.8, 4) is 0 Å². The molecule has 1 saturated carbocycles. The van der Waals surface area contributed by atoms with Crippen molar-refractivity contribution in [3.05, 3.63) is 0 Å². The maximum atomic E-state index is 10.6. The van der Waals surface area contributed by atoms with Gasteiger partial charge in [-0.25, -0.2) is 0 Å². The Morgan fingerprint density at radius 1 is 1.45 bits per heavy atom. The zero-order valence-corrected chi connectivity index (χ0v) is 7.08. The molecule has 64 valence electrons. The minimum atomic E-state index is -0.630. The molecule has 0 heterocycles. The van der Waals surface area contributed by atoms with Gasteiger partial charge in [-0.2, -0.15) is 0 Å². The van der Waals surface area contributed by atoms with E-state index in [0.717, 1.165) is 19.3 Å². The summed E-state index contributed by atoms with van der Waals surface area (Å²) >= 11 is 0. The molecule has 1 unspecified atom stereocenters. The summed E-state index contributed by atoms with van der Waals surface area (Å²) < 4.78 is 0. The minimum Gasteiger partial charge on any atom is -0.481 e. The molecule has 11 heavy (non-hydrogen) atoms. The predicted molar refractivity (Wildman–Crippen MR) is 42.5 cm³/mol. The van der Waals surface area contributed by atoms with Crippen LogP contribution in [0.25, 0.3) is 0 Å². The van der Waals surface area contributed by atoms with Gasteiger partial charge in [-0.1, -0.05) is 0 Å². The number of carbonyl (C=O) groups is 1. The standard InChI is InChI=1S/C8H15NO2/c1-9(2)7-4-3-6(5-7)8(10)11/h6-7H,3-5H2,1-2H3,(H,10,11)/t6-,7?/m1/s1. The molecule has 0 amide bonds. The normalized spacial score (nSPS) is 31.2. The fourth-order valence-corrected chi connectivity index (χ4v) is 1.65. The Morgan fingerprint density at radius 2 is 2.09 bits per heavy atom. The maximum absolute atomic E-state index is 10.6. The zero-order valence-electron chi connectivity index (χ0n) is 7.08. The number of carboxylic acid groups (broad SMARTS) is 1. The van der Waals surface area contributed by atoms with Crippen LogP contribution in [0.15, 0.2) is 0 Å². The molecular weight excluding hydrogens is 142 g/mol. The molecule has 0 aliphatic heterocycles. The van der Waals surface area contributed by atoms with Gasteiger partial charge in [0.05, 0.1) is 5.92 Å². The third-order valence-corrected chi connectivity index (χ3v) is 2.48. The molecule has 0 bridgehead atoms. The van der Waals surface area contributed by atoms with Gasteiger partial charge in [-0.05, 0) is 33.4 Å². The van der Waals surface area contributed by atoms with Crippen molar-refractivity contribution in [1.82, 2.24) is 4.90 Å². The number of carboxylic acids is 1. The van der Waals surface area contributed by atoms with Crippen LogP contribution in [-0.2, 0) is 4.79 Å². The van der Waals surface area contributed by atoms with E-state index < -0.39 is 5.97 Å². The summed E-state index contributed by atoms with van der Waals surface area (Å²) in [6, 6.07) is 0.482. The van der Waals surface area contributed by atoms with E-state index in [-0.39, 0.29) is 5.92 Å². The topological polar surface area (TPSA) is 40.5 Å². The molecule has 1 rings (SSSR count). The molecule has 2 atom stereocenters. The third kappa shape index (κ3) is 1.93. The van der Waals surface area contributed by atoms with Crippen LogP contribution in [0.5, 0.6) is 0 Å². The predicted octanol–water partition coefficient (Wildman–Crippen LogP) is 0.801. The Balaban J connectivity index is 2.41. The maximum Gasteiger partial charge on any atom is 0.306 e. The van der Waals surface area contributed by atoms with Gasteiger partial charge in [0, 0.05) is 6.04 Å². The lowest BCUT2D eigenvalue weighted by Crippen LogP contribution is -2.25. The zero-order chi connectivity index (χ0) is 8.43. The van der Waals surface area contributed by atoms with E-state index in [2.05, 4.69) is 4.90 Å². The Morgan fingerprint density at radius 3 is 2.36 bits per heavy atom. The summed E-state index contributed by atoms with van der Waals surface area (Å²) in [5.41, 5.74) is 0. The highest BCUT2D eigenvalue weighted by Gasteiger charge is 2.30. The van der Waals surface area contributed by atoms with Crippen LogP contribution in [0.2, 0.25) is 0 Å². The van der Waals surface area contributed by atoms with Gasteiger partial charge in [0.15, 0.2) is 0 Å². The summed E-state index contributed by atoms with van der Waals surface area (Å²) in [6.07, 6.45) is 2.70. The van der Waals surface area contributed by atoms with E-state index in [0.29, 0.717) is 6.04 Å². The van der Waals surface area contributed by atoms with Gasteiger partial charge in [-0.3, -0.25) is 4.79 Å². The number of nitrogens with zero attached hydrogens (tertiary/aromatic N) is 1. The third-order valence-electron chi connectivity index (χ3n) is 2.48. The molecule has 0 aromatic carbocycles. The van der Waals surface area contributed by atoms with Gasteiger partial charge >= 0.3 is 5.97 Å². The van der Waals surface area contributed by atoms with Crippen LogP contribution >= 0.6 is 0 Å². The first-order valence-electron chi connectivity index (χ1n) is 4.00. The van der Waals surface area contributed by atoms with Crippen LogP contribution in [0.4, 0.5) is 0 Å². The van der Waals surface area contributed by atoms with Crippen molar-refractivity contribution < 1.29 is 9.90 Å². The fourth-order valence-electron chi connectivity index (χ4n) is 1.65. The number of hydrogen-bond donors (Lipinski definition) is 1. The molecule has 0 spiro atoms. The van der Waals surface area contributed by atoms with Crippen molar-refractivity contribution in [1.29, 1.82) is 0 Å². The van der Waals surface area contributed by atoms with Crippen molar-refractivity contribution in [2.45, 2.75) is 25.3 Å². The summed E-state index contributed by atoms with van der Waals surface area (Å²) in [5, 5.41) is 8.69. The van der Waals surface area contributed by atoms with Gasteiger partial charge < -0.3 is 10.0 Å². The summed E-state index contributed by atoms with van der Waals surface area (Å²) in [6.45, 7) is 0. The SMILES string of the molecule is CN(C)C1CC[C@@H](C(=O)O)C1. The number of hydrogen-bond acceptors (Lipinski definition) is 2. The molecule has 1 N–H and O–H groups in total. The van der Waals surface area contributed by atoms with E-state index >= 15 is 0 Å². The monoisotopic (exact) mass is 157 g/mol. The van der Waals surface area contributed by atoms with E-state index in [1.807, 2.05) is 14.1 Å². The first kappa shape index (κ1) is 8.53. The van der Waals surface area contributed by atoms with Crippen molar-refractivity contribution in [3.63, 3.8) is 0 Å². The molecule has 0 aromatic rings. The van der Waals surface area contributed by atoms with Crippen LogP contribution in [0.3, 0.4) is 0 Å². The highest BCUT2D eigenvalue weighted by molar-refractivity contribution is 5.70. The van der Waals surface area contributed by atoms with Crippen LogP contribution < -0.4 is 0 Å². The molecular formula is C8H15NO2. The van der Waals surface area contributed by atoms with Gasteiger partial charge in [0.1, 0.15) is 0 Å². The molecule has 1 aliphatic rings. The van der Waals surface area contributed by atoms with Gasteiger partial charge in [0.2, 0.25) is 0 Å². The van der Waals surface area contributed by atoms with E-state index in [4.69, 9.17) is 5.11 Å². The first-order valence-corrected chi connectivity index (χ1v) is 4.00. The lowest BCUT2D eigenvalue weighted by Gasteiger charge is -2.17. The van der Waals surface area contributed by atoms with Gasteiger partial charge in [0.25, 0.3) is 0 Å². The van der Waals surface area contributed by atoms with E-state index in [1.54, 1.807) is 0 Å². The smallest absolute Gasteiger partial charge is 0.306 e. The molecule has 0 aromatic heterocycles.